The lowest BCUT2D eigenvalue weighted by Crippen LogP contribution is -1.98. The molecular formula is C9H12INO. The van der Waals surface area contributed by atoms with Crippen molar-refractivity contribution in [2.24, 2.45) is 5.73 Å². The average molecular weight is 277 g/mol. The van der Waals surface area contributed by atoms with Gasteiger partial charge in [0.2, 0.25) is 0 Å². The highest BCUT2D eigenvalue weighted by Gasteiger charge is 2.01. The Morgan fingerprint density at radius 2 is 2.25 bits per heavy atom. The number of benzene rings is 1. The first-order valence-electron chi connectivity index (χ1n) is 3.92. The molecule has 2 nitrogen and oxygen atoms in total. The summed E-state index contributed by atoms with van der Waals surface area (Å²) in [5.74, 6) is 0.887. The molecule has 0 amide bonds. The minimum atomic E-state index is 0.530. The standard InChI is InChI=1S/C9H12INO/c1-2-7-3-4-8(6-11)9(5-7)12-10/h3-5H,2,6,11H2,1H3. The van der Waals surface area contributed by atoms with Gasteiger partial charge in [-0.1, -0.05) is 19.1 Å². The fourth-order valence-electron chi connectivity index (χ4n) is 1.06. The van der Waals surface area contributed by atoms with Crippen molar-refractivity contribution in [3.8, 4) is 5.75 Å². The number of rotatable bonds is 3. The molecule has 0 saturated carbocycles. The fraction of sp³-hybridized carbons (Fsp3) is 0.333. The fourth-order valence-corrected chi connectivity index (χ4v) is 1.47. The monoisotopic (exact) mass is 277 g/mol. The van der Waals surface area contributed by atoms with Crippen molar-refractivity contribution in [3.63, 3.8) is 0 Å². The van der Waals surface area contributed by atoms with E-state index in [2.05, 4.69) is 13.0 Å². The van der Waals surface area contributed by atoms with Gasteiger partial charge in [0.15, 0.2) is 23.0 Å². The third kappa shape index (κ3) is 2.10. The van der Waals surface area contributed by atoms with Crippen LogP contribution in [0.3, 0.4) is 0 Å². The topological polar surface area (TPSA) is 35.2 Å². The Bertz CT molecular complexity index is 263. The van der Waals surface area contributed by atoms with Crippen LogP contribution in [-0.4, -0.2) is 0 Å². The third-order valence-corrected chi connectivity index (χ3v) is 2.32. The number of hydrogen-bond donors (Lipinski definition) is 1. The molecule has 12 heavy (non-hydrogen) atoms. The van der Waals surface area contributed by atoms with E-state index in [1.54, 1.807) is 0 Å². The lowest BCUT2D eigenvalue weighted by atomic mass is 10.1. The van der Waals surface area contributed by atoms with Crippen LogP contribution in [0, 0.1) is 0 Å². The van der Waals surface area contributed by atoms with Crippen LogP contribution in [0.5, 0.6) is 5.75 Å². The molecule has 2 N–H and O–H groups in total. The molecule has 0 unspecified atom stereocenters. The van der Waals surface area contributed by atoms with Crippen LogP contribution in [0.4, 0.5) is 0 Å². The molecule has 0 bridgehead atoms. The summed E-state index contributed by atoms with van der Waals surface area (Å²) in [5, 5.41) is 0. The Balaban J connectivity index is 3.02. The minimum absolute atomic E-state index is 0.530. The summed E-state index contributed by atoms with van der Waals surface area (Å²) < 4.78 is 5.17. The number of hydrogen-bond acceptors (Lipinski definition) is 2. The molecule has 66 valence electrons. The van der Waals surface area contributed by atoms with Crippen LogP contribution in [0.15, 0.2) is 18.2 Å². The van der Waals surface area contributed by atoms with E-state index in [1.165, 1.54) is 5.56 Å². The minimum Gasteiger partial charge on any atom is -0.427 e. The van der Waals surface area contributed by atoms with Crippen molar-refractivity contribution >= 4 is 23.0 Å². The van der Waals surface area contributed by atoms with E-state index in [-0.39, 0.29) is 0 Å². The zero-order valence-electron chi connectivity index (χ0n) is 7.01. The predicted molar refractivity (Wildman–Crippen MR) is 58.4 cm³/mol. The van der Waals surface area contributed by atoms with Gasteiger partial charge in [-0.25, -0.2) is 0 Å². The molecule has 0 aliphatic carbocycles. The van der Waals surface area contributed by atoms with Gasteiger partial charge in [-0.05, 0) is 18.1 Å². The molecule has 0 fully saturated rings. The Hall–Kier alpha value is -0.290. The zero-order valence-corrected chi connectivity index (χ0v) is 9.17. The highest BCUT2D eigenvalue weighted by molar-refractivity contribution is 14.1. The van der Waals surface area contributed by atoms with E-state index in [0.717, 1.165) is 17.7 Å². The van der Waals surface area contributed by atoms with Gasteiger partial charge in [0, 0.05) is 12.1 Å². The highest BCUT2D eigenvalue weighted by Crippen LogP contribution is 2.22. The zero-order chi connectivity index (χ0) is 8.97. The van der Waals surface area contributed by atoms with E-state index in [1.807, 2.05) is 35.1 Å². The summed E-state index contributed by atoms with van der Waals surface area (Å²) in [7, 11) is 0. The van der Waals surface area contributed by atoms with Crippen LogP contribution in [0.2, 0.25) is 0 Å². The van der Waals surface area contributed by atoms with E-state index in [9.17, 15) is 0 Å². The summed E-state index contributed by atoms with van der Waals surface area (Å²) in [6.07, 6.45) is 1.03. The third-order valence-electron chi connectivity index (χ3n) is 1.84. The molecule has 0 aromatic heterocycles. The molecule has 1 aromatic rings. The van der Waals surface area contributed by atoms with Crippen molar-refractivity contribution in [1.29, 1.82) is 0 Å². The predicted octanol–water partition coefficient (Wildman–Crippen LogP) is 2.44. The molecule has 0 aliphatic rings. The van der Waals surface area contributed by atoms with Crippen LogP contribution in [-0.2, 0) is 13.0 Å². The quantitative estimate of drug-likeness (QED) is 0.861. The van der Waals surface area contributed by atoms with Gasteiger partial charge in [0.25, 0.3) is 0 Å². The van der Waals surface area contributed by atoms with E-state index >= 15 is 0 Å². The summed E-state index contributed by atoms with van der Waals surface area (Å²) in [6.45, 7) is 2.65. The first kappa shape index (κ1) is 9.80. The summed E-state index contributed by atoms with van der Waals surface area (Å²) in [6, 6.07) is 6.14. The van der Waals surface area contributed by atoms with Crippen molar-refractivity contribution in [1.82, 2.24) is 0 Å². The first-order valence-corrected chi connectivity index (χ1v) is 4.80. The van der Waals surface area contributed by atoms with Gasteiger partial charge in [0.1, 0.15) is 5.75 Å². The SMILES string of the molecule is CCc1ccc(CN)c(OI)c1. The highest BCUT2D eigenvalue weighted by atomic mass is 127. The average Bonchev–Trinajstić information content (AvgIpc) is 2.16. The smallest absolute Gasteiger partial charge is 0.192 e. The maximum absolute atomic E-state index is 5.53. The van der Waals surface area contributed by atoms with Gasteiger partial charge >= 0.3 is 0 Å². The van der Waals surface area contributed by atoms with Crippen molar-refractivity contribution in [2.45, 2.75) is 19.9 Å². The summed E-state index contributed by atoms with van der Waals surface area (Å²) in [5.41, 5.74) is 7.87. The maximum Gasteiger partial charge on any atom is 0.192 e. The van der Waals surface area contributed by atoms with Crippen molar-refractivity contribution in [3.05, 3.63) is 29.3 Å². The molecule has 1 rings (SSSR count). The second-order valence-corrected chi connectivity index (χ2v) is 3.02. The van der Waals surface area contributed by atoms with Crippen LogP contribution < -0.4 is 8.80 Å². The Morgan fingerprint density at radius 3 is 2.75 bits per heavy atom. The number of aryl methyl sites for hydroxylation is 1. The Kier molecular flexibility index (Phi) is 3.81. The molecule has 0 heterocycles. The molecule has 0 saturated heterocycles. The molecular weight excluding hydrogens is 265 g/mol. The van der Waals surface area contributed by atoms with Crippen LogP contribution in [0.1, 0.15) is 18.1 Å². The summed E-state index contributed by atoms with van der Waals surface area (Å²) >= 11 is 1.88. The molecule has 3 heteroatoms. The first-order chi connectivity index (χ1) is 5.81. The molecule has 0 aliphatic heterocycles. The molecule has 0 spiro atoms. The van der Waals surface area contributed by atoms with Crippen LogP contribution >= 0.6 is 23.0 Å². The van der Waals surface area contributed by atoms with E-state index in [0.29, 0.717) is 6.54 Å². The maximum atomic E-state index is 5.53. The normalized spacial score (nSPS) is 9.92. The molecule has 0 atom stereocenters. The molecule has 0 radical (unpaired) electrons. The lowest BCUT2D eigenvalue weighted by Gasteiger charge is -2.05. The van der Waals surface area contributed by atoms with Gasteiger partial charge in [0.05, 0.1) is 0 Å². The van der Waals surface area contributed by atoms with E-state index in [4.69, 9.17) is 8.80 Å². The lowest BCUT2D eigenvalue weighted by molar-refractivity contribution is 0.698. The second-order valence-electron chi connectivity index (χ2n) is 2.58. The van der Waals surface area contributed by atoms with Crippen molar-refractivity contribution < 1.29 is 3.07 Å². The largest absolute Gasteiger partial charge is 0.427 e. The molecule has 1 aromatic carbocycles. The van der Waals surface area contributed by atoms with Gasteiger partial charge in [-0.15, -0.1) is 0 Å². The number of nitrogens with two attached hydrogens (primary N) is 1. The Morgan fingerprint density at radius 1 is 1.50 bits per heavy atom. The van der Waals surface area contributed by atoms with Crippen LogP contribution in [0.25, 0.3) is 0 Å². The second kappa shape index (κ2) is 4.67. The van der Waals surface area contributed by atoms with E-state index < -0.39 is 0 Å². The number of halogens is 1. The van der Waals surface area contributed by atoms with Gasteiger partial charge < -0.3 is 8.80 Å². The van der Waals surface area contributed by atoms with Gasteiger partial charge in [-0.3, -0.25) is 0 Å². The Labute approximate surface area is 86.8 Å². The van der Waals surface area contributed by atoms with Crippen molar-refractivity contribution in [2.75, 3.05) is 0 Å². The summed E-state index contributed by atoms with van der Waals surface area (Å²) in [4.78, 5) is 0. The van der Waals surface area contributed by atoms with Gasteiger partial charge in [-0.2, -0.15) is 0 Å².